The Morgan fingerprint density at radius 3 is 3.00 bits per heavy atom. The monoisotopic (exact) mass is 298 g/mol. The van der Waals surface area contributed by atoms with E-state index in [1.54, 1.807) is 0 Å². The Hall–Kier alpha value is -0.650. The van der Waals surface area contributed by atoms with Gasteiger partial charge in [-0.25, -0.2) is 4.98 Å². The first-order valence-corrected chi connectivity index (χ1v) is 6.69. The second-order valence-corrected chi connectivity index (χ2v) is 5.40. The van der Waals surface area contributed by atoms with Crippen LogP contribution in [0.2, 0.25) is 0 Å². The van der Waals surface area contributed by atoms with Gasteiger partial charge in [-0.2, -0.15) is 0 Å². The molecule has 1 saturated heterocycles. The molecular weight excluding hydrogens is 280 g/mol. The Morgan fingerprint density at radius 2 is 2.29 bits per heavy atom. The average molecular weight is 299 g/mol. The molecule has 0 saturated carbocycles. The quantitative estimate of drug-likeness (QED) is 0.892. The number of piperazine rings is 1. The number of aromatic nitrogens is 1. The number of anilines is 1. The number of hydrogen-bond acceptors (Lipinski definition) is 4. The molecule has 2 heterocycles. The molecule has 1 aromatic rings. The van der Waals surface area contributed by atoms with E-state index in [-0.39, 0.29) is 0 Å². The van der Waals surface area contributed by atoms with E-state index in [1.165, 1.54) is 5.56 Å². The van der Waals surface area contributed by atoms with Gasteiger partial charge in [-0.1, -0.05) is 0 Å². The highest BCUT2D eigenvalue weighted by atomic mass is 79.9. The average Bonchev–Trinajstić information content (AvgIpc) is 2.33. The molecular formula is C12H19BrN4. The Labute approximate surface area is 111 Å². The molecule has 0 amide bonds. The molecule has 1 unspecified atom stereocenters. The summed E-state index contributed by atoms with van der Waals surface area (Å²) >= 11 is 3.63. The van der Waals surface area contributed by atoms with E-state index < -0.39 is 0 Å². The Bertz CT molecular complexity index is 396. The molecule has 2 rings (SSSR count). The van der Waals surface area contributed by atoms with Crippen molar-refractivity contribution in [2.45, 2.75) is 13.0 Å². The number of rotatable bonds is 2. The zero-order valence-electron chi connectivity index (χ0n) is 10.4. The summed E-state index contributed by atoms with van der Waals surface area (Å²) in [6, 6.07) is 2.36. The summed E-state index contributed by atoms with van der Waals surface area (Å²) in [7, 11) is 2.14. The minimum absolute atomic E-state index is 0.347. The molecule has 0 aromatic carbocycles. The van der Waals surface area contributed by atoms with Crippen molar-refractivity contribution in [1.82, 2.24) is 9.88 Å². The van der Waals surface area contributed by atoms with Crippen LogP contribution in [0.25, 0.3) is 0 Å². The fourth-order valence-corrected chi connectivity index (χ4v) is 2.68. The van der Waals surface area contributed by atoms with Crippen LogP contribution in [0.1, 0.15) is 5.56 Å². The molecule has 1 aromatic heterocycles. The molecule has 0 aliphatic carbocycles. The molecule has 0 spiro atoms. The van der Waals surface area contributed by atoms with Gasteiger partial charge in [0.2, 0.25) is 0 Å². The van der Waals surface area contributed by atoms with Crippen LogP contribution in [0.3, 0.4) is 0 Å². The largest absolute Gasteiger partial charge is 0.349 e. The molecule has 0 bridgehead atoms. The van der Waals surface area contributed by atoms with E-state index in [9.17, 15) is 0 Å². The topological polar surface area (TPSA) is 45.4 Å². The third-order valence-corrected chi connectivity index (χ3v) is 4.27. The lowest BCUT2D eigenvalue weighted by molar-refractivity contribution is 0.268. The summed E-state index contributed by atoms with van der Waals surface area (Å²) in [4.78, 5) is 9.12. The van der Waals surface area contributed by atoms with Crippen LogP contribution < -0.4 is 10.6 Å². The summed E-state index contributed by atoms with van der Waals surface area (Å²) in [5, 5.41) is 0. The van der Waals surface area contributed by atoms with Crippen LogP contribution in [0.5, 0.6) is 0 Å². The summed E-state index contributed by atoms with van der Waals surface area (Å²) in [5.74, 6) is 1.02. The zero-order valence-corrected chi connectivity index (χ0v) is 11.9. The highest BCUT2D eigenvalue weighted by molar-refractivity contribution is 9.10. The number of nitrogens with zero attached hydrogens (tertiary/aromatic N) is 3. The molecule has 17 heavy (non-hydrogen) atoms. The van der Waals surface area contributed by atoms with Gasteiger partial charge >= 0.3 is 0 Å². The number of nitrogens with two attached hydrogens (primary N) is 1. The van der Waals surface area contributed by atoms with Crippen LogP contribution in [0.15, 0.2) is 16.7 Å². The molecule has 1 aliphatic heterocycles. The zero-order chi connectivity index (χ0) is 12.4. The van der Waals surface area contributed by atoms with Crippen LogP contribution in [0.4, 0.5) is 5.82 Å². The smallest absolute Gasteiger partial charge is 0.143 e. The molecule has 5 heteroatoms. The third-order valence-electron chi connectivity index (χ3n) is 3.29. The standard InChI is InChI=1S/C12H19BrN4/c1-9-3-4-15-12(11(9)13)17-6-5-16(2)8-10(17)7-14/h3-4,10H,5-8,14H2,1-2H3. The minimum Gasteiger partial charge on any atom is -0.349 e. The maximum atomic E-state index is 5.87. The van der Waals surface area contributed by atoms with Crippen LogP contribution in [-0.2, 0) is 0 Å². The Kier molecular flexibility index (Phi) is 4.01. The Balaban J connectivity index is 2.28. The van der Waals surface area contributed by atoms with Crippen molar-refractivity contribution >= 4 is 21.7 Å². The van der Waals surface area contributed by atoms with Crippen molar-refractivity contribution in [3.05, 3.63) is 22.3 Å². The van der Waals surface area contributed by atoms with Crippen LogP contribution >= 0.6 is 15.9 Å². The van der Waals surface area contributed by atoms with E-state index in [1.807, 2.05) is 12.3 Å². The molecule has 1 atom stereocenters. The predicted octanol–water partition coefficient (Wildman–Crippen LogP) is 1.23. The molecule has 94 valence electrons. The van der Waals surface area contributed by atoms with Gasteiger partial charge in [-0.3, -0.25) is 0 Å². The second-order valence-electron chi connectivity index (χ2n) is 4.61. The molecule has 4 nitrogen and oxygen atoms in total. The fourth-order valence-electron chi connectivity index (χ4n) is 2.22. The first-order chi connectivity index (χ1) is 8.13. The van der Waals surface area contributed by atoms with E-state index in [4.69, 9.17) is 5.73 Å². The van der Waals surface area contributed by atoms with Gasteiger partial charge in [0.15, 0.2) is 0 Å². The fraction of sp³-hybridized carbons (Fsp3) is 0.583. The lowest BCUT2D eigenvalue weighted by Gasteiger charge is -2.40. The lowest BCUT2D eigenvalue weighted by Crippen LogP contribution is -2.55. The Morgan fingerprint density at radius 1 is 1.53 bits per heavy atom. The normalized spacial score (nSPS) is 21.9. The summed E-state index contributed by atoms with van der Waals surface area (Å²) < 4.78 is 1.09. The van der Waals surface area contributed by atoms with Crippen LogP contribution in [-0.4, -0.2) is 49.2 Å². The maximum Gasteiger partial charge on any atom is 0.143 e. The number of likely N-dealkylation sites (N-methyl/N-ethyl adjacent to an activating group) is 1. The van der Waals surface area contributed by atoms with Gasteiger partial charge < -0.3 is 15.5 Å². The van der Waals surface area contributed by atoms with E-state index in [0.29, 0.717) is 12.6 Å². The first-order valence-electron chi connectivity index (χ1n) is 5.90. The summed E-state index contributed by atoms with van der Waals surface area (Å²) in [6.45, 7) is 5.78. The van der Waals surface area contributed by atoms with Crippen molar-refractivity contribution in [3.63, 3.8) is 0 Å². The van der Waals surface area contributed by atoms with Crippen molar-refractivity contribution in [2.75, 3.05) is 38.1 Å². The van der Waals surface area contributed by atoms with Gasteiger partial charge in [-0.05, 0) is 41.5 Å². The highest BCUT2D eigenvalue weighted by Crippen LogP contribution is 2.29. The molecule has 1 fully saturated rings. The number of halogens is 1. The van der Waals surface area contributed by atoms with Gasteiger partial charge in [0.1, 0.15) is 5.82 Å². The highest BCUT2D eigenvalue weighted by Gasteiger charge is 2.26. The number of pyridine rings is 1. The van der Waals surface area contributed by atoms with Gasteiger partial charge in [-0.15, -0.1) is 0 Å². The van der Waals surface area contributed by atoms with Crippen molar-refractivity contribution < 1.29 is 0 Å². The molecule has 1 aliphatic rings. The van der Waals surface area contributed by atoms with E-state index in [2.05, 4.69) is 44.7 Å². The van der Waals surface area contributed by atoms with Crippen molar-refractivity contribution in [3.8, 4) is 0 Å². The second kappa shape index (κ2) is 5.33. The predicted molar refractivity (Wildman–Crippen MR) is 74.4 cm³/mol. The molecule has 2 N–H and O–H groups in total. The first kappa shape index (κ1) is 12.8. The van der Waals surface area contributed by atoms with Crippen LogP contribution in [0, 0.1) is 6.92 Å². The maximum absolute atomic E-state index is 5.87. The van der Waals surface area contributed by atoms with E-state index >= 15 is 0 Å². The number of hydrogen-bond donors (Lipinski definition) is 1. The van der Waals surface area contributed by atoms with Gasteiger partial charge in [0, 0.05) is 32.4 Å². The SMILES string of the molecule is Cc1ccnc(N2CCN(C)CC2CN)c1Br. The summed E-state index contributed by atoms with van der Waals surface area (Å²) in [6.07, 6.45) is 1.86. The third kappa shape index (κ3) is 2.61. The lowest BCUT2D eigenvalue weighted by atomic mass is 10.1. The summed E-state index contributed by atoms with van der Waals surface area (Å²) in [5.41, 5.74) is 7.08. The van der Waals surface area contributed by atoms with Gasteiger partial charge in [0.25, 0.3) is 0 Å². The minimum atomic E-state index is 0.347. The molecule has 0 radical (unpaired) electrons. The van der Waals surface area contributed by atoms with Crippen molar-refractivity contribution in [2.24, 2.45) is 5.73 Å². The van der Waals surface area contributed by atoms with Crippen molar-refractivity contribution in [1.29, 1.82) is 0 Å². The number of aryl methyl sites for hydroxylation is 1. The van der Waals surface area contributed by atoms with E-state index in [0.717, 1.165) is 29.9 Å². The van der Waals surface area contributed by atoms with Gasteiger partial charge in [0.05, 0.1) is 10.5 Å².